The molecule has 6 heteroatoms. The fourth-order valence-electron chi connectivity index (χ4n) is 3.49. The number of carbonyl (C=O) groups excluding carboxylic acids is 2. The van der Waals surface area contributed by atoms with E-state index in [2.05, 4.69) is 19.1 Å². The van der Waals surface area contributed by atoms with E-state index in [1.54, 1.807) is 0 Å². The van der Waals surface area contributed by atoms with Crippen LogP contribution in [0.25, 0.3) is 0 Å². The van der Waals surface area contributed by atoms with Gasteiger partial charge in [0.2, 0.25) is 6.33 Å². The molecule has 0 aliphatic heterocycles. The van der Waals surface area contributed by atoms with E-state index in [4.69, 9.17) is 9.47 Å². The number of ether oxygens (including phenoxy) is 2. The third-order valence-electron chi connectivity index (χ3n) is 5.43. The Kier molecular flexibility index (Phi) is 17.1. The highest BCUT2D eigenvalue weighted by molar-refractivity contribution is 5.76. The first-order chi connectivity index (χ1) is 15.6. The van der Waals surface area contributed by atoms with Gasteiger partial charge in [0, 0.05) is 6.42 Å². The van der Waals surface area contributed by atoms with Gasteiger partial charge < -0.3 is 9.47 Å². The molecule has 0 aromatic carbocycles. The van der Waals surface area contributed by atoms with Crippen molar-refractivity contribution >= 4 is 11.9 Å². The summed E-state index contributed by atoms with van der Waals surface area (Å²) in [5.74, 6) is -0.823. The second-order valence-electron chi connectivity index (χ2n) is 8.53. The lowest BCUT2D eigenvalue weighted by Gasteiger charge is -2.05. The van der Waals surface area contributed by atoms with Gasteiger partial charge in [0.05, 0.1) is 7.05 Å². The van der Waals surface area contributed by atoms with Crippen LogP contribution in [0.2, 0.25) is 0 Å². The molecule has 0 saturated carbocycles. The second-order valence-corrected chi connectivity index (χ2v) is 8.53. The van der Waals surface area contributed by atoms with E-state index >= 15 is 0 Å². The lowest BCUT2D eigenvalue weighted by molar-refractivity contribution is -0.671. The Hall–Kier alpha value is -2.11. The predicted octanol–water partition coefficient (Wildman–Crippen LogP) is 5.44. The number of allylic oxidation sites excluding steroid dienone is 2. The van der Waals surface area contributed by atoms with Crippen molar-refractivity contribution in [3.8, 4) is 0 Å². The fraction of sp³-hybridized carbons (Fsp3) is 0.731. The first-order valence-corrected chi connectivity index (χ1v) is 12.6. The number of nitrogens with zero attached hydrogens (tertiary/aromatic N) is 2. The molecular weight excluding hydrogens is 404 g/mol. The molecule has 0 saturated heterocycles. The number of rotatable bonds is 20. The molecule has 1 heterocycles. The summed E-state index contributed by atoms with van der Waals surface area (Å²) in [5, 5.41) is 0. The van der Waals surface area contributed by atoms with Crippen molar-refractivity contribution in [2.45, 2.75) is 103 Å². The zero-order chi connectivity index (χ0) is 23.3. The maximum atomic E-state index is 11.7. The average Bonchev–Trinajstić information content (AvgIpc) is 3.20. The highest BCUT2D eigenvalue weighted by Crippen LogP contribution is 2.10. The molecule has 0 fully saturated rings. The van der Waals surface area contributed by atoms with Gasteiger partial charge in [-0.05, 0) is 32.1 Å². The Labute approximate surface area is 195 Å². The largest absolute Gasteiger partial charge is 0.459 e. The van der Waals surface area contributed by atoms with E-state index < -0.39 is 5.97 Å². The van der Waals surface area contributed by atoms with Crippen LogP contribution in [-0.2, 0) is 32.7 Å². The first-order valence-electron chi connectivity index (χ1n) is 12.6. The number of esters is 2. The van der Waals surface area contributed by atoms with Crippen LogP contribution in [0.3, 0.4) is 0 Å². The molecule has 0 N–H and O–H groups in total. The van der Waals surface area contributed by atoms with Crippen molar-refractivity contribution in [1.29, 1.82) is 0 Å². The molecule has 32 heavy (non-hydrogen) atoms. The Morgan fingerprint density at radius 2 is 1.47 bits per heavy atom. The number of unbranched alkanes of at least 4 members (excludes halogenated alkanes) is 11. The van der Waals surface area contributed by atoms with Crippen LogP contribution in [-0.4, -0.2) is 29.7 Å². The van der Waals surface area contributed by atoms with Crippen molar-refractivity contribution in [3.05, 3.63) is 30.9 Å². The maximum Gasteiger partial charge on any atom is 0.344 e. The number of imidazole rings is 1. The van der Waals surface area contributed by atoms with Gasteiger partial charge in [-0.3, -0.25) is 4.79 Å². The van der Waals surface area contributed by atoms with Crippen LogP contribution in [0.15, 0.2) is 30.9 Å². The lowest BCUT2D eigenvalue weighted by atomic mass is 10.1. The molecule has 6 nitrogen and oxygen atoms in total. The Morgan fingerprint density at radius 1 is 0.844 bits per heavy atom. The van der Waals surface area contributed by atoms with Gasteiger partial charge in [-0.25, -0.2) is 13.9 Å². The number of aromatic nitrogens is 2. The van der Waals surface area contributed by atoms with Gasteiger partial charge in [0.15, 0.2) is 6.61 Å². The minimum Gasteiger partial charge on any atom is -0.459 e. The van der Waals surface area contributed by atoms with Crippen LogP contribution in [0.5, 0.6) is 0 Å². The number of hydrogen-bond donors (Lipinski definition) is 0. The molecule has 0 aliphatic carbocycles. The topological polar surface area (TPSA) is 61.4 Å². The first kappa shape index (κ1) is 27.9. The van der Waals surface area contributed by atoms with Gasteiger partial charge in [-0.15, -0.1) is 0 Å². The predicted molar refractivity (Wildman–Crippen MR) is 127 cm³/mol. The number of carbonyl (C=O) groups is 2. The molecule has 0 unspecified atom stereocenters. The summed E-state index contributed by atoms with van der Waals surface area (Å²) in [5.41, 5.74) is 0. The minimum atomic E-state index is -0.501. The molecule has 1 rings (SSSR count). The van der Waals surface area contributed by atoms with Crippen LogP contribution < -0.4 is 4.57 Å². The average molecular weight is 450 g/mol. The number of aryl methyl sites for hydroxylation is 1. The summed E-state index contributed by atoms with van der Waals surface area (Å²) in [6, 6.07) is 0. The van der Waals surface area contributed by atoms with E-state index in [1.807, 2.05) is 34.9 Å². The summed E-state index contributed by atoms with van der Waals surface area (Å²) < 4.78 is 13.9. The molecule has 0 bridgehead atoms. The van der Waals surface area contributed by atoms with Gasteiger partial charge in [-0.1, -0.05) is 70.4 Å². The molecular formula is C26H45N2O4+. The highest BCUT2D eigenvalue weighted by Gasteiger charge is 2.09. The van der Waals surface area contributed by atoms with Crippen LogP contribution >= 0.6 is 0 Å². The fourth-order valence-corrected chi connectivity index (χ4v) is 3.49. The lowest BCUT2D eigenvalue weighted by Crippen LogP contribution is -2.24. The Bertz CT molecular complexity index is 640. The van der Waals surface area contributed by atoms with Crippen molar-refractivity contribution in [1.82, 2.24) is 4.57 Å². The SMILES string of the molecule is CCCCCCCC/C=C\CCCCCCCC(=O)OCC(=O)OCCn1cc[n+](C)c1. The van der Waals surface area contributed by atoms with Crippen LogP contribution in [0.1, 0.15) is 96.8 Å². The zero-order valence-electron chi connectivity index (χ0n) is 20.4. The minimum absolute atomic E-state index is 0.263. The van der Waals surface area contributed by atoms with E-state index in [1.165, 1.54) is 57.8 Å². The van der Waals surface area contributed by atoms with Gasteiger partial charge in [0.25, 0.3) is 0 Å². The molecule has 0 spiro atoms. The van der Waals surface area contributed by atoms with Gasteiger partial charge in [-0.2, -0.15) is 0 Å². The Morgan fingerprint density at radius 3 is 2.09 bits per heavy atom. The van der Waals surface area contributed by atoms with E-state index in [0.717, 1.165) is 25.7 Å². The highest BCUT2D eigenvalue weighted by atomic mass is 16.6. The van der Waals surface area contributed by atoms with Crippen LogP contribution in [0, 0.1) is 0 Å². The standard InChI is InChI=1S/C26H45N2O4/c1-3-4-5-6-7-8-9-10-11-12-13-14-15-16-17-18-25(29)32-23-26(30)31-22-21-28-20-19-27(2)24-28/h10-11,19-20,24H,3-9,12-18,21-23H2,1-2H3/q+1/b11-10-. The van der Waals surface area contributed by atoms with E-state index in [0.29, 0.717) is 13.0 Å². The van der Waals surface area contributed by atoms with Crippen molar-refractivity contribution in [3.63, 3.8) is 0 Å². The normalized spacial score (nSPS) is 11.2. The second kappa shape index (κ2) is 19.6. The molecule has 182 valence electrons. The van der Waals surface area contributed by atoms with Crippen LogP contribution in [0.4, 0.5) is 0 Å². The van der Waals surface area contributed by atoms with Gasteiger partial charge in [0.1, 0.15) is 25.5 Å². The molecule has 0 amide bonds. The molecule has 1 aromatic rings. The molecule has 1 aromatic heterocycles. The molecule has 0 radical (unpaired) electrons. The third-order valence-corrected chi connectivity index (χ3v) is 5.43. The van der Waals surface area contributed by atoms with E-state index in [-0.39, 0.29) is 19.2 Å². The summed E-state index contributed by atoms with van der Waals surface area (Å²) in [4.78, 5) is 23.4. The molecule has 0 aliphatic rings. The number of hydrogen-bond acceptors (Lipinski definition) is 4. The quantitative estimate of drug-likeness (QED) is 0.115. The van der Waals surface area contributed by atoms with Crippen molar-refractivity contribution in [2.24, 2.45) is 7.05 Å². The van der Waals surface area contributed by atoms with E-state index in [9.17, 15) is 9.59 Å². The smallest absolute Gasteiger partial charge is 0.344 e. The summed E-state index contributed by atoms with van der Waals surface area (Å²) in [7, 11) is 1.93. The zero-order valence-corrected chi connectivity index (χ0v) is 20.4. The third kappa shape index (κ3) is 16.6. The molecule has 0 atom stereocenters. The van der Waals surface area contributed by atoms with Crippen molar-refractivity contribution in [2.75, 3.05) is 13.2 Å². The maximum absolute atomic E-state index is 11.7. The van der Waals surface area contributed by atoms with Crippen molar-refractivity contribution < 1.29 is 23.6 Å². The van der Waals surface area contributed by atoms with Gasteiger partial charge >= 0.3 is 11.9 Å². The monoisotopic (exact) mass is 449 g/mol. The Balaban J connectivity index is 1.84. The summed E-state index contributed by atoms with van der Waals surface area (Å²) in [6.07, 6.45) is 26.6. The summed E-state index contributed by atoms with van der Waals surface area (Å²) in [6.45, 7) is 2.80. The summed E-state index contributed by atoms with van der Waals surface area (Å²) >= 11 is 0.